The van der Waals surface area contributed by atoms with Gasteiger partial charge in [-0.25, -0.2) is 0 Å². The van der Waals surface area contributed by atoms with E-state index in [1.807, 2.05) is 22.7 Å². The van der Waals surface area contributed by atoms with Crippen LogP contribution in [0.5, 0.6) is 0 Å². The summed E-state index contributed by atoms with van der Waals surface area (Å²) in [7, 11) is -4.19. The van der Waals surface area contributed by atoms with Gasteiger partial charge in [0, 0.05) is 21.1 Å². The van der Waals surface area contributed by atoms with Crippen molar-refractivity contribution < 1.29 is 0 Å². The highest BCUT2D eigenvalue weighted by atomic mass is 32.1. The largest absolute Gasteiger partial charge is 0.302 e. The van der Waals surface area contributed by atoms with Crippen LogP contribution >= 0.6 is 22.7 Å². The molecule has 2 aromatic heterocycles. The molecule has 0 N–H and O–H groups in total. The van der Waals surface area contributed by atoms with E-state index >= 15 is 0 Å². The summed E-state index contributed by atoms with van der Waals surface area (Å²) in [5, 5.41) is 9.79. The van der Waals surface area contributed by atoms with Crippen LogP contribution in [-0.4, -0.2) is 16.1 Å². The summed E-state index contributed by atoms with van der Waals surface area (Å²) in [5.41, 5.74) is 12.4. The van der Waals surface area contributed by atoms with Crippen molar-refractivity contribution in [2.75, 3.05) is 4.90 Å². The molecule has 0 fully saturated rings. The molecule has 0 saturated carbocycles. The molecule has 0 amide bonds. The van der Waals surface area contributed by atoms with Gasteiger partial charge < -0.3 is 4.90 Å². The molecule has 9 aromatic rings. The van der Waals surface area contributed by atoms with Crippen molar-refractivity contribution in [3.05, 3.63) is 243 Å². The van der Waals surface area contributed by atoms with Crippen molar-refractivity contribution >= 4 is 75.9 Å². The second-order valence-electron chi connectivity index (χ2n) is 18.0. The number of thiophene rings is 2. The number of fused-ring (bicyclic) bond motifs is 14. The number of hydrogen-bond donors (Lipinski definition) is 0. The Morgan fingerprint density at radius 2 is 0.787 bits per heavy atom. The fraction of sp³-hybridized carbons (Fsp3) is 0.107. The van der Waals surface area contributed by atoms with Crippen LogP contribution in [-0.2, 0) is 10.8 Å². The molecule has 12 rings (SSSR count). The Hall–Kier alpha value is -5.83. The normalized spacial score (nSPS) is 16.4. The zero-order valence-corrected chi connectivity index (χ0v) is 38.4. The van der Waals surface area contributed by atoms with Crippen LogP contribution in [0.2, 0.25) is 26.2 Å². The van der Waals surface area contributed by atoms with E-state index in [4.69, 9.17) is 0 Å². The smallest absolute Gasteiger partial charge is 0.113 e. The lowest BCUT2D eigenvalue weighted by atomic mass is 9.55. The minimum atomic E-state index is -2.10. The molecule has 61 heavy (non-hydrogen) atoms. The third-order valence-electron chi connectivity index (χ3n) is 14.4. The Morgan fingerprint density at radius 3 is 1.30 bits per heavy atom. The van der Waals surface area contributed by atoms with E-state index in [1.54, 1.807) is 0 Å². The van der Waals surface area contributed by atoms with Gasteiger partial charge in [-0.2, -0.15) is 0 Å². The molecule has 2 spiro atoms. The van der Waals surface area contributed by atoms with Crippen LogP contribution in [0, 0.1) is 0 Å². The highest BCUT2D eigenvalue weighted by molar-refractivity contribution is 7.17. The maximum absolute atomic E-state index is 2.62. The van der Waals surface area contributed by atoms with Crippen LogP contribution in [0.25, 0.3) is 11.1 Å². The molecule has 0 unspecified atom stereocenters. The average Bonchev–Trinajstić information content (AvgIpc) is 3.99. The molecule has 1 aliphatic carbocycles. The van der Waals surface area contributed by atoms with Gasteiger partial charge in [-0.15, -0.1) is 22.7 Å². The van der Waals surface area contributed by atoms with Crippen LogP contribution in [0.3, 0.4) is 0 Å². The topological polar surface area (TPSA) is 3.24 Å². The molecule has 7 aromatic carbocycles. The van der Waals surface area contributed by atoms with E-state index in [0.29, 0.717) is 0 Å². The number of nitrogens with zero attached hydrogens (tertiary/aromatic N) is 1. The third kappa shape index (κ3) is 4.86. The molecule has 294 valence electrons. The lowest BCUT2D eigenvalue weighted by molar-refractivity contribution is 0.646. The van der Waals surface area contributed by atoms with Crippen LogP contribution in [0.15, 0.2) is 200 Å². The third-order valence-corrected chi connectivity index (χ3v) is 23.8. The summed E-state index contributed by atoms with van der Waals surface area (Å²) in [6, 6.07) is 74.2. The summed E-state index contributed by atoms with van der Waals surface area (Å²) in [6.45, 7) is 10.3. The Labute approximate surface area is 369 Å². The number of rotatable bonds is 4. The molecular formula is C56H45NS2Si2. The van der Waals surface area contributed by atoms with Gasteiger partial charge in [0.25, 0.3) is 0 Å². The first-order valence-electron chi connectivity index (χ1n) is 21.4. The number of anilines is 3. The van der Waals surface area contributed by atoms with Crippen molar-refractivity contribution in [3.8, 4) is 11.1 Å². The molecule has 3 aliphatic rings. The maximum Gasteiger partial charge on any atom is 0.113 e. The van der Waals surface area contributed by atoms with E-state index < -0.39 is 27.0 Å². The Kier molecular flexibility index (Phi) is 8.08. The molecule has 5 heteroatoms. The second-order valence-corrected chi connectivity index (χ2v) is 28.6. The fourth-order valence-corrected chi connectivity index (χ4v) is 20.8. The fourth-order valence-electron chi connectivity index (χ4n) is 11.7. The molecule has 0 radical (unpaired) electrons. The van der Waals surface area contributed by atoms with E-state index in [-0.39, 0.29) is 0 Å². The molecule has 0 bridgehead atoms. The first kappa shape index (κ1) is 37.0. The van der Waals surface area contributed by atoms with E-state index in [1.165, 1.54) is 80.0 Å². The molecule has 0 atom stereocenters. The quantitative estimate of drug-likeness (QED) is 0.159. The van der Waals surface area contributed by atoms with Gasteiger partial charge in [-0.3, -0.25) is 0 Å². The monoisotopic (exact) mass is 851 g/mol. The van der Waals surface area contributed by atoms with Crippen LogP contribution in [0.4, 0.5) is 16.4 Å². The standard InChI is InChI=1S/C56H45NS2Si2/c1-60(2)48-27-15-11-23-42(48)55(43-24-12-16-28-49(43)60)46-35-36-58-53(46)56(44-25-13-17-29-50(44)61(3,4)51-30-18-14-26-45(51)56)47-37-52(59-54(47)55)57(40-21-9-6-10-22-40)41-33-31-39(32-34-41)38-19-7-5-8-20-38/h5-37H,1-4H3. The van der Waals surface area contributed by atoms with Gasteiger partial charge in [0.15, 0.2) is 0 Å². The summed E-state index contributed by atoms with van der Waals surface area (Å²) in [6.07, 6.45) is 0. The molecule has 2 aliphatic heterocycles. The minimum Gasteiger partial charge on any atom is -0.302 e. The molecule has 1 nitrogen and oxygen atoms in total. The van der Waals surface area contributed by atoms with Crippen molar-refractivity contribution in [1.82, 2.24) is 0 Å². The van der Waals surface area contributed by atoms with Crippen molar-refractivity contribution in [2.45, 2.75) is 37.0 Å². The predicted octanol–water partition coefficient (Wildman–Crippen LogP) is 12.3. The first-order chi connectivity index (χ1) is 29.8. The number of benzene rings is 7. The van der Waals surface area contributed by atoms with E-state index in [9.17, 15) is 0 Å². The Morgan fingerprint density at radius 1 is 0.377 bits per heavy atom. The van der Waals surface area contributed by atoms with Gasteiger partial charge in [-0.05, 0) is 107 Å². The van der Waals surface area contributed by atoms with Crippen LogP contribution in [0.1, 0.15) is 43.1 Å². The molecule has 0 saturated heterocycles. The summed E-state index contributed by atoms with van der Waals surface area (Å²) < 4.78 is 0. The summed E-state index contributed by atoms with van der Waals surface area (Å²) in [4.78, 5) is 5.41. The maximum atomic E-state index is 2.62. The van der Waals surface area contributed by atoms with Crippen LogP contribution < -0.4 is 25.6 Å². The van der Waals surface area contributed by atoms with Crippen molar-refractivity contribution in [2.24, 2.45) is 0 Å². The van der Waals surface area contributed by atoms with Gasteiger partial charge >= 0.3 is 0 Å². The summed E-state index contributed by atoms with van der Waals surface area (Å²) >= 11 is 3.97. The molecule has 4 heterocycles. The lowest BCUT2D eigenvalue weighted by Gasteiger charge is -2.54. The van der Waals surface area contributed by atoms with Gasteiger partial charge in [0.1, 0.15) is 21.1 Å². The zero-order valence-electron chi connectivity index (χ0n) is 34.8. The number of hydrogen-bond acceptors (Lipinski definition) is 3. The van der Waals surface area contributed by atoms with E-state index in [0.717, 1.165) is 11.4 Å². The Balaban J connectivity index is 1.24. The average molecular weight is 852 g/mol. The SMILES string of the molecule is C[Si]1(C)c2ccccc2C2(c3ccccc31)c1cc(N(c3ccccc3)c3ccc(-c4ccccc4)cc3)sc1C1(c3ccccc3[Si](C)(C)c3ccccc31)c1ccsc12. The predicted molar refractivity (Wildman–Crippen MR) is 266 cm³/mol. The lowest BCUT2D eigenvalue weighted by Crippen LogP contribution is -2.66. The summed E-state index contributed by atoms with van der Waals surface area (Å²) in [5.74, 6) is 0. The number of para-hydroxylation sites is 1. The zero-order chi connectivity index (χ0) is 41.1. The van der Waals surface area contributed by atoms with E-state index in [2.05, 4.69) is 231 Å². The second kappa shape index (κ2) is 13.3. The highest BCUT2D eigenvalue weighted by Crippen LogP contribution is 2.65. The van der Waals surface area contributed by atoms with Crippen molar-refractivity contribution in [1.29, 1.82) is 0 Å². The van der Waals surface area contributed by atoms with Gasteiger partial charge in [0.2, 0.25) is 0 Å². The van der Waals surface area contributed by atoms with Gasteiger partial charge in [-0.1, -0.05) is 184 Å². The minimum absolute atomic E-state index is 0.498. The van der Waals surface area contributed by atoms with Gasteiger partial charge in [0.05, 0.1) is 10.8 Å². The Bertz CT molecular complexity index is 2910. The van der Waals surface area contributed by atoms with Crippen molar-refractivity contribution in [3.63, 3.8) is 0 Å². The molecular weight excluding hydrogens is 807 g/mol. The first-order valence-corrected chi connectivity index (χ1v) is 29.1. The highest BCUT2D eigenvalue weighted by Gasteiger charge is 2.62.